The third-order valence-electron chi connectivity index (χ3n) is 2.80. The fraction of sp³-hybridized carbons (Fsp3) is 0.333. The number of aliphatic carboxylic acids is 1. The average Bonchev–Trinajstić information content (AvgIpc) is 2.43. The van der Waals surface area contributed by atoms with Gasteiger partial charge in [-0.15, -0.1) is 0 Å². The van der Waals surface area contributed by atoms with E-state index in [0.717, 1.165) is 0 Å². The van der Waals surface area contributed by atoms with E-state index < -0.39 is 23.9 Å². The Labute approximate surface area is 122 Å². The first-order chi connectivity index (χ1) is 9.47. The van der Waals surface area contributed by atoms with Crippen molar-refractivity contribution in [2.75, 3.05) is 25.0 Å². The number of hydrogen-bond donors (Lipinski definition) is 2. The summed E-state index contributed by atoms with van der Waals surface area (Å²) in [6, 6.07) is 3.71. The number of carboxylic acid groups (broad SMARTS) is 1. The molecule has 1 aliphatic heterocycles. The van der Waals surface area contributed by atoms with Gasteiger partial charge in [-0.05, 0) is 34.1 Å². The number of benzene rings is 1. The maximum absolute atomic E-state index is 13.3. The van der Waals surface area contributed by atoms with Gasteiger partial charge in [-0.1, -0.05) is 0 Å². The minimum Gasteiger partial charge on any atom is -0.479 e. The Bertz CT molecular complexity index is 540. The van der Waals surface area contributed by atoms with Gasteiger partial charge in [0.1, 0.15) is 5.82 Å². The average molecular weight is 347 g/mol. The van der Waals surface area contributed by atoms with Crippen LogP contribution in [0.1, 0.15) is 0 Å². The molecule has 0 aromatic heterocycles. The van der Waals surface area contributed by atoms with E-state index in [2.05, 4.69) is 21.2 Å². The number of morpholine rings is 1. The monoisotopic (exact) mass is 346 g/mol. The molecule has 1 fully saturated rings. The van der Waals surface area contributed by atoms with Crippen LogP contribution < -0.4 is 5.32 Å². The third-order valence-corrected chi connectivity index (χ3v) is 3.44. The fourth-order valence-corrected chi connectivity index (χ4v) is 2.01. The molecule has 0 bridgehead atoms. The second-order valence-corrected chi connectivity index (χ2v) is 5.06. The number of rotatable bonds is 2. The van der Waals surface area contributed by atoms with Crippen molar-refractivity contribution in [3.8, 4) is 0 Å². The van der Waals surface area contributed by atoms with Crippen molar-refractivity contribution in [2.24, 2.45) is 0 Å². The number of anilines is 1. The number of ether oxygens (including phenoxy) is 1. The van der Waals surface area contributed by atoms with E-state index in [0.29, 0.717) is 10.2 Å². The van der Waals surface area contributed by atoms with Crippen LogP contribution in [-0.2, 0) is 9.53 Å². The quantitative estimate of drug-likeness (QED) is 0.857. The molecule has 0 radical (unpaired) electrons. The van der Waals surface area contributed by atoms with Crippen LogP contribution >= 0.6 is 15.9 Å². The molecule has 1 heterocycles. The Morgan fingerprint density at radius 2 is 2.25 bits per heavy atom. The van der Waals surface area contributed by atoms with E-state index in [4.69, 9.17) is 9.84 Å². The molecule has 0 spiro atoms. The fourth-order valence-electron chi connectivity index (χ4n) is 1.76. The second kappa shape index (κ2) is 6.19. The highest BCUT2D eigenvalue weighted by Crippen LogP contribution is 2.19. The van der Waals surface area contributed by atoms with Crippen LogP contribution in [0.5, 0.6) is 0 Å². The molecule has 108 valence electrons. The van der Waals surface area contributed by atoms with Crippen LogP contribution in [-0.4, -0.2) is 47.8 Å². The Morgan fingerprint density at radius 1 is 1.50 bits per heavy atom. The molecule has 1 atom stereocenters. The smallest absolute Gasteiger partial charge is 0.334 e. The van der Waals surface area contributed by atoms with Crippen molar-refractivity contribution in [3.63, 3.8) is 0 Å². The molecule has 2 amide bonds. The molecule has 0 aliphatic carbocycles. The van der Waals surface area contributed by atoms with E-state index in [1.165, 1.54) is 17.0 Å². The zero-order chi connectivity index (χ0) is 14.7. The number of hydrogen-bond acceptors (Lipinski definition) is 3. The van der Waals surface area contributed by atoms with Crippen LogP contribution in [0.3, 0.4) is 0 Å². The summed E-state index contributed by atoms with van der Waals surface area (Å²) in [6.07, 6.45) is -1.03. The standard InChI is InChI=1S/C12H12BrFN2O4/c13-8-2-1-7(5-9(8)14)15-12(19)16-3-4-20-10(6-16)11(17)18/h1-2,5,10H,3-4,6H2,(H,15,19)(H,17,18). The minimum absolute atomic E-state index is 0.0415. The predicted octanol–water partition coefficient (Wildman–Crippen LogP) is 1.91. The van der Waals surface area contributed by atoms with Gasteiger partial charge in [0.05, 0.1) is 17.6 Å². The van der Waals surface area contributed by atoms with Crippen molar-refractivity contribution in [1.82, 2.24) is 4.90 Å². The maximum atomic E-state index is 13.3. The first kappa shape index (κ1) is 14.7. The highest BCUT2D eigenvalue weighted by molar-refractivity contribution is 9.10. The molecule has 0 saturated carbocycles. The normalized spacial score (nSPS) is 18.7. The summed E-state index contributed by atoms with van der Waals surface area (Å²) in [4.78, 5) is 24.1. The number of carbonyl (C=O) groups excluding carboxylic acids is 1. The highest BCUT2D eigenvalue weighted by Gasteiger charge is 2.29. The van der Waals surface area contributed by atoms with E-state index >= 15 is 0 Å². The Balaban J connectivity index is 2.00. The molecule has 1 saturated heterocycles. The van der Waals surface area contributed by atoms with Crippen LogP contribution in [0.4, 0.5) is 14.9 Å². The zero-order valence-corrected chi connectivity index (χ0v) is 11.9. The summed E-state index contributed by atoms with van der Waals surface area (Å²) in [6.45, 7) is 0.397. The molecule has 1 aromatic rings. The number of halogens is 2. The van der Waals surface area contributed by atoms with Crippen LogP contribution in [0.25, 0.3) is 0 Å². The first-order valence-corrected chi connectivity index (χ1v) is 6.62. The van der Waals surface area contributed by atoms with Gasteiger partial charge in [0.2, 0.25) is 0 Å². The summed E-state index contributed by atoms with van der Waals surface area (Å²) >= 11 is 3.02. The van der Waals surface area contributed by atoms with E-state index in [-0.39, 0.29) is 19.7 Å². The van der Waals surface area contributed by atoms with Gasteiger partial charge in [0.25, 0.3) is 0 Å². The molecule has 2 rings (SSSR count). The number of urea groups is 1. The van der Waals surface area contributed by atoms with Crippen molar-refractivity contribution in [3.05, 3.63) is 28.5 Å². The number of nitrogens with one attached hydrogen (secondary N) is 1. The van der Waals surface area contributed by atoms with Gasteiger partial charge in [-0.25, -0.2) is 14.0 Å². The number of carboxylic acids is 1. The molecule has 2 N–H and O–H groups in total. The van der Waals surface area contributed by atoms with Crippen LogP contribution in [0, 0.1) is 5.82 Å². The molecular formula is C12H12BrFN2O4. The summed E-state index contributed by atoms with van der Waals surface area (Å²) < 4.78 is 18.6. The van der Waals surface area contributed by atoms with Crippen molar-refractivity contribution < 1.29 is 23.8 Å². The second-order valence-electron chi connectivity index (χ2n) is 4.20. The van der Waals surface area contributed by atoms with Gasteiger partial charge < -0.3 is 20.1 Å². The molecule has 1 aliphatic rings. The molecule has 1 unspecified atom stereocenters. The van der Waals surface area contributed by atoms with Crippen molar-refractivity contribution >= 4 is 33.6 Å². The number of nitrogens with zero attached hydrogens (tertiary/aromatic N) is 1. The lowest BCUT2D eigenvalue weighted by atomic mass is 10.3. The summed E-state index contributed by atoms with van der Waals surface area (Å²) in [7, 11) is 0. The van der Waals surface area contributed by atoms with E-state index in [1.807, 2.05) is 0 Å². The lowest BCUT2D eigenvalue weighted by Gasteiger charge is -2.30. The molecular weight excluding hydrogens is 335 g/mol. The van der Waals surface area contributed by atoms with Gasteiger partial charge in [0, 0.05) is 12.2 Å². The van der Waals surface area contributed by atoms with Crippen molar-refractivity contribution in [2.45, 2.75) is 6.10 Å². The SMILES string of the molecule is O=C(O)C1CN(C(=O)Nc2ccc(Br)c(F)c2)CCO1. The maximum Gasteiger partial charge on any atom is 0.334 e. The first-order valence-electron chi connectivity index (χ1n) is 5.83. The molecule has 6 nitrogen and oxygen atoms in total. The minimum atomic E-state index is -1.11. The van der Waals surface area contributed by atoms with Crippen LogP contribution in [0.2, 0.25) is 0 Å². The third kappa shape index (κ3) is 3.45. The van der Waals surface area contributed by atoms with Gasteiger partial charge in [-0.3, -0.25) is 0 Å². The summed E-state index contributed by atoms with van der Waals surface area (Å²) in [5.41, 5.74) is 0.300. The highest BCUT2D eigenvalue weighted by atomic mass is 79.9. The summed E-state index contributed by atoms with van der Waals surface area (Å²) in [5.74, 6) is -1.61. The van der Waals surface area contributed by atoms with Crippen molar-refractivity contribution in [1.29, 1.82) is 0 Å². The number of amides is 2. The predicted molar refractivity (Wildman–Crippen MR) is 72.1 cm³/mol. The zero-order valence-electron chi connectivity index (χ0n) is 10.3. The summed E-state index contributed by atoms with van der Waals surface area (Å²) in [5, 5.41) is 11.4. The lowest BCUT2D eigenvalue weighted by molar-refractivity contribution is -0.154. The van der Waals surface area contributed by atoms with E-state index in [9.17, 15) is 14.0 Å². The molecule has 8 heteroatoms. The van der Waals surface area contributed by atoms with Crippen LogP contribution in [0.15, 0.2) is 22.7 Å². The number of carbonyl (C=O) groups is 2. The largest absolute Gasteiger partial charge is 0.479 e. The Morgan fingerprint density at radius 3 is 2.90 bits per heavy atom. The molecule has 1 aromatic carbocycles. The Kier molecular flexibility index (Phi) is 4.56. The topological polar surface area (TPSA) is 78.9 Å². The molecule has 20 heavy (non-hydrogen) atoms. The van der Waals surface area contributed by atoms with E-state index in [1.54, 1.807) is 6.07 Å². The van der Waals surface area contributed by atoms with Gasteiger partial charge in [-0.2, -0.15) is 0 Å². The lowest BCUT2D eigenvalue weighted by Crippen LogP contribution is -2.49. The van der Waals surface area contributed by atoms with Gasteiger partial charge >= 0.3 is 12.0 Å². The Hall–Kier alpha value is -1.67. The van der Waals surface area contributed by atoms with Gasteiger partial charge in [0.15, 0.2) is 6.10 Å².